The van der Waals surface area contributed by atoms with Gasteiger partial charge in [0.05, 0.1) is 0 Å². The van der Waals surface area contributed by atoms with Crippen molar-refractivity contribution in [2.45, 2.75) is 52.5 Å². The fourth-order valence-electron chi connectivity index (χ4n) is 2.31. The Kier molecular flexibility index (Phi) is 6.73. The van der Waals surface area contributed by atoms with Crippen LogP contribution < -0.4 is 11.1 Å². The van der Waals surface area contributed by atoms with E-state index in [0.717, 1.165) is 25.8 Å². The number of primary amides is 1. The van der Waals surface area contributed by atoms with Crippen molar-refractivity contribution in [3.63, 3.8) is 0 Å². The molecule has 0 bridgehead atoms. The zero-order valence-corrected chi connectivity index (χ0v) is 13.0. The topological polar surface area (TPSA) is 55.1 Å². The first-order chi connectivity index (χ1) is 9.38. The first kappa shape index (κ1) is 16.7. The first-order valence-electron chi connectivity index (χ1n) is 7.45. The molecule has 0 heterocycles. The number of rotatable bonds is 8. The van der Waals surface area contributed by atoms with E-state index in [4.69, 9.17) is 5.73 Å². The highest BCUT2D eigenvalue weighted by Gasteiger charge is 2.19. The van der Waals surface area contributed by atoms with Crippen molar-refractivity contribution in [2.24, 2.45) is 11.1 Å². The van der Waals surface area contributed by atoms with Gasteiger partial charge in [0.15, 0.2) is 0 Å². The predicted octanol–water partition coefficient (Wildman–Crippen LogP) is 3.41. The third-order valence-electron chi connectivity index (χ3n) is 3.26. The molecule has 0 aliphatic rings. The predicted molar refractivity (Wildman–Crippen MR) is 84.3 cm³/mol. The van der Waals surface area contributed by atoms with Gasteiger partial charge in [-0.05, 0) is 36.8 Å². The van der Waals surface area contributed by atoms with Gasteiger partial charge in [-0.2, -0.15) is 0 Å². The molecular formula is C17H28N2O. The van der Waals surface area contributed by atoms with E-state index in [0.29, 0.717) is 12.5 Å². The van der Waals surface area contributed by atoms with Crippen molar-refractivity contribution < 1.29 is 4.79 Å². The van der Waals surface area contributed by atoms with Gasteiger partial charge < -0.3 is 11.1 Å². The van der Waals surface area contributed by atoms with Gasteiger partial charge in [0, 0.05) is 12.5 Å². The lowest BCUT2D eigenvalue weighted by molar-refractivity contribution is -0.118. The van der Waals surface area contributed by atoms with Crippen LogP contribution in [0.15, 0.2) is 30.3 Å². The smallest absolute Gasteiger partial charge is 0.217 e. The van der Waals surface area contributed by atoms with Gasteiger partial charge in [0.2, 0.25) is 5.91 Å². The molecule has 0 aliphatic carbocycles. The van der Waals surface area contributed by atoms with Crippen molar-refractivity contribution in [1.82, 2.24) is 5.32 Å². The normalized spacial score (nSPS) is 13.2. The van der Waals surface area contributed by atoms with Crippen LogP contribution in [0.1, 0.15) is 58.1 Å². The Balaban J connectivity index is 2.49. The van der Waals surface area contributed by atoms with Gasteiger partial charge in [-0.3, -0.25) is 4.79 Å². The summed E-state index contributed by atoms with van der Waals surface area (Å²) in [5, 5.41) is 3.61. The molecule has 0 radical (unpaired) electrons. The summed E-state index contributed by atoms with van der Waals surface area (Å²) in [6.07, 6.45) is 3.42. The summed E-state index contributed by atoms with van der Waals surface area (Å²) in [6.45, 7) is 7.70. The number of hydrogen-bond acceptors (Lipinski definition) is 2. The number of unbranched alkanes of at least 4 members (excludes halogenated alkanes) is 1. The van der Waals surface area contributed by atoms with Crippen molar-refractivity contribution in [3.05, 3.63) is 35.9 Å². The van der Waals surface area contributed by atoms with Crippen LogP contribution in [0.5, 0.6) is 0 Å². The molecule has 3 heteroatoms. The Morgan fingerprint density at radius 3 is 2.40 bits per heavy atom. The van der Waals surface area contributed by atoms with Crippen LogP contribution in [-0.4, -0.2) is 12.5 Å². The van der Waals surface area contributed by atoms with E-state index < -0.39 is 0 Å². The molecule has 1 atom stereocenters. The molecule has 1 aromatic rings. The van der Waals surface area contributed by atoms with E-state index in [9.17, 15) is 4.79 Å². The fraction of sp³-hybridized carbons (Fsp3) is 0.588. The summed E-state index contributed by atoms with van der Waals surface area (Å²) in [4.78, 5) is 10.7. The molecule has 0 saturated carbocycles. The van der Waals surface area contributed by atoms with Crippen molar-refractivity contribution in [2.75, 3.05) is 6.54 Å². The second-order valence-electron chi connectivity index (χ2n) is 6.61. The number of carbonyl (C=O) groups excluding carboxylic acids is 1. The number of amides is 1. The van der Waals surface area contributed by atoms with Crippen LogP contribution >= 0.6 is 0 Å². The Morgan fingerprint density at radius 1 is 1.20 bits per heavy atom. The molecule has 112 valence electrons. The molecule has 0 spiro atoms. The van der Waals surface area contributed by atoms with Crippen molar-refractivity contribution >= 4 is 5.91 Å². The molecule has 0 fully saturated rings. The maximum atomic E-state index is 10.7. The van der Waals surface area contributed by atoms with Crippen LogP contribution in [0.25, 0.3) is 0 Å². The Labute approximate surface area is 122 Å². The minimum Gasteiger partial charge on any atom is -0.370 e. The number of nitrogens with two attached hydrogens (primary N) is 1. The highest BCUT2D eigenvalue weighted by Crippen LogP contribution is 2.29. The summed E-state index contributed by atoms with van der Waals surface area (Å²) < 4.78 is 0. The van der Waals surface area contributed by atoms with Crippen LogP contribution in [-0.2, 0) is 4.79 Å². The number of hydrogen-bond donors (Lipinski definition) is 2. The number of benzene rings is 1. The van der Waals surface area contributed by atoms with Crippen LogP contribution in [0.4, 0.5) is 0 Å². The van der Waals surface area contributed by atoms with E-state index in [1.165, 1.54) is 5.56 Å². The SMILES string of the molecule is CC(C)(C)CC(NCCCCC(N)=O)c1ccccc1. The van der Waals surface area contributed by atoms with Crippen LogP contribution in [0.2, 0.25) is 0 Å². The van der Waals surface area contributed by atoms with Crippen molar-refractivity contribution in [3.8, 4) is 0 Å². The second kappa shape index (κ2) is 8.05. The maximum absolute atomic E-state index is 10.7. The average Bonchev–Trinajstić information content (AvgIpc) is 2.36. The largest absolute Gasteiger partial charge is 0.370 e. The summed E-state index contributed by atoms with van der Waals surface area (Å²) in [5.74, 6) is -0.209. The second-order valence-corrected chi connectivity index (χ2v) is 6.61. The summed E-state index contributed by atoms with van der Waals surface area (Å²) in [6, 6.07) is 10.9. The lowest BCUT2D eigenvalue weighted by Crippen LogP contribution is -2.26. The third-order valence-corrected chi connectivity index (χ3v) is 3.26. The molecule has 0 aliphatic heterocycles. The van der Waals surface area contributed by atoms with Gasteiger partial charge in [0.1, 0.15) is 0 Å². The zero-order valence-electron chi connectivity index (χ0n) is 13.0. The summed E-state index contributed by atoms with van der Waals surface area (Å²) >= 11 is 0. The van der Waals surface area contributed by atoms with E-state index in [-0.39, 0.29) is 11.3 Å². The summed E-state index contributed by atoms with van der Waals surface area (Å²) in [5.41, 5.74) is 6.76. The van der Waals surface area contributed by atoms with E-state index in [2.05, 4.69) is 50.4 Å². The fourth-order valence-corrected chi connectivity index (χ4v) is 2.31. The molecule has 20 heavy (non-hydrogen) atoms. The molecule has 1 amide bonds. The molecule has 0 saturated heterocycles. The minimum atomic E-state index is -0.209. The average molecular weight is 276 g/mol. The molecule has 1 rings (SSSR count). The molecular weight excluding hydrogens is 248 g/mol. The van der Waals surface area contributed by atoms with Gasteiger partial charge in [-0.1, -0.05) is 51.1 Å². The molecule has 3 N–H and O–H groups in total. The summed E-state index contributed by atoms with van der Waals surface area (Å²) in [7, 11) is 0. The highest BCUT2D eigenvalue weighted by molar-refractivity contribution is 5.73. The first-order valence-corrected chi connectivity index (χ1v) is 7.45. The number of carbonyl (C=O) groups is 1. The molecule has 1 aromatic carbocycles. The van der Waals surface area contributed by atoms with Crippen molar-refractivity contribution in [1.29, 1.82) is 0 Å². The third kappa shape index (κ3) is 7.29. The van der Waals surface area contributed by atoms with Crippen LogP contribution in [0, 0.1) is 5.41 Å². The van der Waals surface area contributed by atoms with Gasteiger partial charge in [-0.15, -0.1) is 0 Å². The molecule has 3 nitrogen and oxygen atoms in total. The molecule has 1 unspecified atom stereocenters. The van der Waals surface area contributed by atoms with Crippen LogP contribution in [0.3, 0.4) is 0 Å². The van der Waals surface area contributed by atoms with E-state index >= 15 is 0 Å². The monoisotopic (exact) mass is 276 g/mol. The Morgan fingerprint density at radius 2 is 1.85 bits per heavy atom. The van der Waals surface area contributed by atoms with E-state index in [1.807, 2.05) is 6.07 Å². The quantitative estimate of drug-likeness (QED) is 0.715. The maximum Gasteiger partial charge on any atom is 0.217 e. The van der Waals surface area contributed by atoms with Gasteiger partial charge in [0.25, 0.3) is 0 Å². The Hall–Kier alpha value is -1.35. The van der Waals surface area contributed by atoms with Gasteiger partial charge >= 0.3 is 0 Å². The Bertz CT molecular complexity index is 395. The molecule has 0 aromatic heterocycles. The lowest BCUT2D eigenvalue weighted by atomic mass is 9.85. The lowest BCUT2D eigenvalue weighted by Gasteiger charge is -2.27. The zero-order chi connectivity index (χ0) is 15.0. The van der Waals surface area contributed by atoms with Gasteiger partial charge in [-0.25, -0.2) is 0 Å². The minimum absolute atomic E-state index is 0.209. The van der Waals surface area contributed by atoms with E-state index in [1.54, 1.807) is 0 Å². The highest BCUT2D eigenvalue weighted by atomic mass is 16.1. The number of nitrogens with one attached hydrogen (secondary N) is 1. The standard InChI is InChI=1S/C17H28N2O/c1-17(2,3)13-15(14-9-5-4-6-10-14)19-12-8-7-11-16(18)20/h4-6,9-10,15,19H,7-8,11-13H2,1-3H3,(H2,18,20).